The molecule has 1 heterocycles. The quantitative estimate of drug-likeness (QED) is 0.453. The van der Waals surface area contributed by atoms with Crippen molar-refractivity contribution in [1.82, 2.24) is 5.32 Å². The maximum absolute atomic E-state index is 10.7. The van der Waals surface area contributed by atoms with Gasteiger partial charge in [0.1, 0.15) is 0 Å². The van der Waals surface area contributed by atoms with Gasteiger partial charge in [-0.15, -0.1) is 0 Å². The summed E-state index contributed by atoms with van der Waals surface area (Å²) in [5.41, 5.74) is 3.07. The largest absolute Gasteiger partial charge is 0.396 e. The molecule has 2 N–H and O–H groups in total. The third kappa shape index (κ3) is 2.84. The van der Waals surface area contributed by atoms with Gasteiger partial charge in [0.2, 0.25) is 0 Å². The van der Waals surface area contributed by atoms with E-state index in [1.807, 2.05) is 0 Å². The maximum Gasteiger partial charge on any atom is 0.0490 e. The summed E-state index contributed by atoms with van der Waals surface area (Å²) in [6.45, 7) is 21.4. The summed E-state index contributed by atoms with van der Waals surface area (Å²) >= 11 is 0. The van der Waals surface area contributed by atoms with Crippen molar-refractivity contribution in [2.24, 2.45) is 51.2 Å². The zero-order chi connectivity index (χ0) is 23.2. The van der Waals surface area contributed by atoms with E-state index >= 15 is 0 Å². The average molecular weight is 442 g/mol. The molecule has 2 nitrogen and oxygen atoms in total. The molecule has 0 amide bonds. The first kappa shape index (κ1) is 23.4. The minimum atomic E-state index is 0.173. The van der Waals surface area contributed by atoms with E-state index in [1.165, 1.54) is 76.3 Å². The minimum Gasteiger partial charge on any atom is -0.396 e. The number of allylic oxidation sites excluding steroid dienone is 1. The van der Waals surface area contributed by atoms with Crippen LogP contribution < -0.4 is 5.32 Å². The van der Waals surface area contributed by atoms with Crippen LogP contribution in [0.5, 0.6) is 0 Å². The molecule has 0 aromatic carbocycles. The van der Waals surface area contributed by atoms with E-state index in [9.17, 15) is 5.11 Å². The molecule has 6 unspecified atom stereocenters. The van der Waals surface area contributed by atoms with Crippen molar-refractivity contribution in [2.45, 2.75) is 111 Å². The third-order valence-electron chi connectivity index (χ3n) is 13.2. The molecule has 5 rings (SSSR count). The number of aliphatic hydroxyl groups excluding tert-OH is 1. The lowest BCUT2D eigenvalue weighted by Gasteiger charge is -2.71. The second-order valence-electron chi connectivity index (χ2n) is 14.5. The number of hydrogen-bond donors (Lipinski definition) is 2. The molecular weight excluding hydrogens is 390 g/mol. The van der Waals surface area contributed by atoms with Crippen molar-refractivity contribution in [2.75, 3.05) is 13.2 Å². The molecule has 1 aliphatic heterocycles. The number of fused-ring (bicyclic) bond motifs is 7. The van der Waals surface area contributed by atoms with Crippen molar-refractivity contribution in [1.29, 1.82) is 0 Å². The molecule has 0 bridgehead atoms. The molecule has 0 aromatic rings. The summed E-state index contributed by atoms with van der Waals surface area (Å²) in [6.07, 6.45) is 13.3. The minimum absolute atomic E-state index is 0.173. The van der Waals surface area contributed by atoms with Gasteiger partial charge >= 0.3 is 0 Å². The highest BCUT2D eigenvalue weighted by Crippen LogP contribution is 2.76. The first-order valence-electron chi connectivity index (χ1n) is 14.0. The van der Waals surface area contributed by atoms with Gasteiger partial charge in [-0.3, -0.25) is 0 Å². The Labute approximate surface area is 198 Å². The molecule has 32 heavy (non-hydrogen) atoms. The first-order valence-corrected chi connectivity index (χ1v) is 14.0. The van der Waals surface area contributed by atoms with Crippen LogP contribution >= 0.6 is 0 Å². The molecule has 4 aliphatic carbocycles. The SMILES string of the molecule is C=C(C)[C@@H]1CCC2(CO)CC[C@]3(C)C(CCC4C5(C)CCCNC(C)(C)C5CCC43C)[C@@H]12. The van der Waals surface area contributed by atoms with Gasteiger partial charge in [-0.1, -0.05) is 32.9 Å². The lowest BCUT2D eigenvalue weighted by molar-refractivity contribution is -0.226. The molecule has 182 valence electrons. The van der Waals surface area contributed by atoms with Crippen molar-refractivity contribution in [3.63, 3.8) is 0 Å². The van der Waals surface area contributed by atoms with Crippen LogP contribution in [0.2, 0.25) is 0 Å². The lowest BCUT2D eigenvalue weighted by Crippen LogP contribution is -2.66. The zero-order valence-electron chi connectivity index (χ0n) is 22.0. The molecule has 0 spiro atoms. The molecule has 4 saturated carbocycles. The predicted octanol–water partition coefficient (Wildman–Crippen LogP) is 6.98. The number of aliphatic hydroxyl groups is 1. The van der Waals surface area contributed by atoms with E-state index < -0.39 is 0 Å². The van der Waals surface area contributed by atoms with Crippen LogP contribution in [0.4, 0.5) is 0 Å². The number of rotatable bonds is 2. The summed E-state index contributed by atoms with van der Waals surface area (Å²) in [7, 11) is 0. The molecule has 0 radical (unpaired) electrons. The van der Waals surface area contributed by atoms with Gasteiger partial charge in [0, 0.05) is 12.1 Å². The van der Waals surface area contributed by atoms with E-state index in [0.29, 0.717) is 34.7 Å². The molecule has 5 fully saturated rings. The molecule has 9 atom stereocenters. The van der Waals surface area contributed by atoms with Crippen LogP contribution in [0, 0.1) is 51.2 Å². The van der Waals surface area contributed by atoms with Crippen molar-refractivity contribution in [3.05, 3.63) is 12.2 Å². The predicted molar refractivity (Wildman–Crippen MR) is 134 cm³/mol. The Morgan fingerprint density at radius 1 is 0.875 bits per heavy atom. The van der Waals surface area contributed by atoms with Gasteiger partial charge in [0.05, 0.1) is 0 Å². The summed E-state index contributed by atoms with van der Waals surface area (Å²) in [4.78, 5) is 0. The van der Waals surface area contributed by atoms with Crippen LogP contribution in [0.3, 0.4) is 0 Å². The second-order valence-corrected chi connectivity index (χ2v) is 14.5. The summed E-state index contributed by atoms with van der Waals surface area (Å²) in [5.74, 6) is 3.65. The number of nitrogens with one attached hydrogen (secondary N) is 1. The average Bonchev–Trinajstić information content (AvgIpc) is 3.07. The van der Waals surface area contributed by atoms with Crippen LogP contribution in [-0.2, 0) is 0 Å². The topological polar surface area (TPSA) is 32.3 Å². The monoisotopic (exact) mass is 441 g/mol. The highest BCUT2D eigenvalue weighted by molar-refractivity contribution is 5.21. The van der Waals surface area contributed by atoms with Gasteiger partial charge in [0.15, 0.2) is 0 Å². The Morgan fingerprint density at radius 2 is 1.62 bits per heavy atom. The molecule has 0 aromatic heterocycles. The van der Waals surface area contributed by atoms with Crippen molar-refractivity contribution >= 4 is 0 Å². The van der Waals surface area contributed by atoms with Gasteiger partial charge in [-0.2, -0.15) is 0 Å². The van der Waals surface area contributed by atoms with E-state index in [0.717, 1.165) is 17.8 Å². The summed E-state index contributed by atoms with van der Waals surface area (Å²) in [5, 5.41) is 14.6. The van der Waals surface area contributed by atoms with E-state index in [1.54, 1.807) is 0 Å². The highest BCUT2D eigenvalue weighted by Gasteiger charge is 2.69. The molecule has 1 saturated heterocycles. The Hall–Kier alpha value is -0.340. The number of hydrogen-bond acceptors (Lipinski definition) is 2. The summed E-state index contributed by atoms with van der Waals surface area (Å²) < 4.78 is 0. The van der Waals surface area contributed by atoms with Gasteiger partial charge < -0.3 is 10.4 Å². The van der Waals surface area contributed by atoms with Crippen molar-refractivity contribution in [3.8, 4) is 0 Å². The Bertz CT molecular complexity index is 773. The van der Waals surface area contributed by atoms with Crippen LogP contribution in [0.25, 0.3) is 0 Å². The highest BCUT2D eigenvalue weighted by atomic mass is 16.3. The molecule has 5 aliphatic rings. The normalized spacial score (nSPS) is 54.5. The smallest absolute Gasteiger partial charge is 0.0490 e. The fourth-order valence-electron chi connectivity index (χ4n) is 11.5. The standard InChI is InChI=1S/C30H51NO/c1-20(2)21-11-15-30(19-32)17-16-28(6)22(25(21)30)9-10-24-27(5)13-8-18-31-26(3,4)23(27)12-14-29(24,28)7/h21-25,31-32H,1,8-19H2,2-7H3/t21-,22?,23?,24?,25+,27?,28+,29?,30?/m0/s1. The third-order valence-corrected chi connectivity index (χ3v) is 13.2. The molecular formula is C30H51NO. The Morgan fingerprint density at radius 3 is 2.31 bits per heavy atom. The first-order chi connectivity index (χ1) is 15.0. The molecule has 2 heteroatoms. The van der Waals surface area contributed by atoms with E-state index in [-0.39, 0.29) is 11.0 Å². The maximum atomic E-state index is 10.7. The fourth-order valence-corrected chi connectivity index (χ4v) is 11.5. The van der Waals surface area contributed by atoms with Crippen LogP contribution in [0.1, 0.15) is 106 Å². The van der Waals surface area contributed by atoms with Crippen molar-refractivity contribution < 1.29 is 5.11 Å². The Balaban J connectivity index is 1.56. The van der Waals surface area contributed by atoms with Gasteiger partial charge in [0.25, 0.3) is 0 Å². The Kier molecular flexibility index (Phi) is 5.36. The van der Waals surface area contributed by atoms with E-state index in [2.05, 4.69) is 53.4 Å². The van der Waals surface area contributed by atoms with E-state index in [4.69, 9.17) is 0 Å². The lowest BCUT2D eigenvalue weighted by atomic mass is 9.33. The second kappa shape index (κ2) is 7.33. The zero-order valence-corrected chi connectivity index (χ0v) is 22.0. The fraction of sp³-hybridized carbons (Fsp3) is 0.933. The summed E-state index contributed by atoms with van der Waals surface area (Å²) in [6, 6.07) is 0. The van der Waals surface area contributed by atoms with Gasteiger partial charge in [-0.25, -0.2) is 0 Å². The van der Waals surface area contributed by atoms with Gasteiger partial charge in [-0.05, 0) is 143 Å². The van der Waals surface area contributed by atoms with Crippen LogP contribution in [0.15, 0.2) is 12.2 Å². The van der Waals surface area contributed by atoms with Crippen LogP contribution in [-0.4, -0.2) is 23.8 Å².